The van der Waals surface area contributed by atoms with Crippen LogP contribution < -0.4 is 13.3 Å². The van der Waals surface area contributed by atoms with Crippen molar-refractivity contribution in [2.45, 2.75) is 38.6 Å². The van der Waals surface area contributed by atoms with E-state index in [9.17, 15) is 39.9 Å². The van der Waals surface area contributed by atoms with E-state index < -0.39 is 43.4 Å². The lowest BCUT2D eigenvalue weighted by atomic mass is 10.1. The molecule has 1 aromatic heterocycles. The number of sulfonamides is 2. The van der Waals surface area contributed by atoms with Crippen LogP contribution in [0.3, 0.4) is 0 Å². The molecule has 3 aromatic rings. The third-order valence-electron chi connectivity index (χ3n) is 6.01. The second-order valence-corrected chi connectivity index (χ2v) is 13.9. The highest BCUT2D eigenvalue weighted by molar-refractivity contribution is 8.09. The molecular weight excluding hydrogens is 599 g/mol. The van der Waals surface area contributed by atoms with Gasteiger partial charge in [0.25, 0.3) is 0 Å². The summed E-state index contributed by atoms with van der Waals surface area (Å²) in [5.41, 5.74) is -1.04. The Hall–Kier alpha value is -3.85. The number of alkyl halides is 3. The van der Waals surface area contributed by atoms with Crippen molar-refractivity contribution in [3.05, 3.63) is 83.6 Å². The SMILES string of the molecule is CC(C)(Oc1ccc(CCN(Cc2ccc(C(F)(F)F)cc2)c2ccc(N(S(C)(=O)=O)S(C)(=O)=O)cn2)cc1)C(=O)O. The Morgan fingerprint density at radius 2 is 1.43 bits per heavy atom. The molecule has 0 atom stereocenters. The molecule has 10 nitrogen and oxygen atoms in total. The number of benzene rings is 2. The second kappa shape index (κ2) is 12.2. The van der Waals surface area contributed by atoms with Gasteiger partial charge >= 0.3 is 12.1 Å². The molecule has 0 aliphatic heterocycles. The van der Waals surface area contributed by atoms with Crippen LogP contribution in [-0.2, 0) is 44.0 Å². The Bertz CT molecular complexity index is 1580. The van der Waals surface area contributed by atoms with Gasteiger partial charge in [-0.3, -0.25) is 0 Å². The number of carbonyl (C=O) groups is 1. The van der Waals surface area contributed by atoms with Crippen molar-refractivity contribution < 1.29 is 44.6 Å². The average Bonchev–Trinajstić information content (AvgIpc) is 2.86. The van der Waals surface area contributed by atoms with E-state index in [-0.39, 0.29) is 15.9 Å². The van der Waals surface area contributed by atoms with Gasteiger partial charge in [-0.1, -0.05) is 24.3 Å². The lowest BCUT2D eigenvalue weighted by molar-refractivity contribution is -0.152. The molecule has 0 saturated heterocycles. The molecule has 0 unspecified atom stereocenters. The van der Waals surface area contributed by atoms with Gasteiger partial charge in [-0.05, 0) is 67.8 Å². The molecule has 0 radical (unpaired) electrons. The van der Waals surface area contributed by atoms with Gasteiger partial charge in [0, 0.05) is 13.1 Å². The van der Waals surface area contributed by atoms with Gasteiger partial charge in [-0.25, -0.2) is 26.6 Å². The van der Waals surface area contributed by atoms with Crippen LogP contribution >= 0.6 is 0 Å². The molecule has 1 N–H and O–H groups in total. The Balaban J connectivity index is 1.88. The van der Waals surface area contributed by atoms with Gasteiger partial charge in [0.1, 0.15) is 11.6 Å². The largest absolute Gasteiger partial charge is 0.478 e. The predicted octanol–water partition coefficient (Wildman–Crippen LogP) is 4.32. The zero-order valence-electron chi connectivity index (χ0n) is 23.2. The van der Waals surface area contributed by atoms with E-state index in [1.165, 1.54) is 38.1 Å². The summed E-state index contributed by atoms with van der Waals surface area (Å²) in [7, 11) is -8.37. The summed E-state index contributed by atoms with van der Waals surface area (Å²) >= 11 is 0. The highest BCUT2D eigenvalue weighted by Gasteiger charge is 2.31. The lowest BCUT2D eigenvalue weighted by Gasteiger charge is -2.26. The van der Waals surface area contributed by atoms with E-state index in [1.54, 1.807) is 29.2 Å². The quantitative estimate of drug-likeness (QED) is 0.311. The Morgan fingerprint density at radius 1 is 0.881 bits per heavy atom. The van der Waals surface area contributed by atoms with Crippen molar-refractivity contribution in [3.8, 4) is 5.75 Å². The average molecular weight is 630 g/mol. The molecular formula is C27H30F3N3O7S2. The van der Waals surface area contributed by atoms with Crippen molar-refractivity contribution in [2.24, 2.45) is 0 Å². The van der Waals surface area contributed by atoms with Crippen LogP contribution in [0.15, 0.2) is 66.9 Å². The molecule has 0 saturated carbocycles. The monoisotopic (exact) mass is 629 g/mol. The number of nitrogens with zero attached hydrogens (tertiary/aromatic N) is 3. The van der Waals surface area contributed by atoms with Crippen LogP contribution in [-0.4, -0.2) is 57.6 Å². The summed E-state index contributed by atoms with van der Waals surface area (Å²) in [5, 5.41) is 9.26. The van der Waals surface area contributed by atoms with E-state index in [2.05, 4.69) is 4.98 Å². The lowest BCUT2D eigenvalue weighted by Crippen LogP contribution is -2.37. The number of carboxylic acid groups (broad SMARTS) is 1. The van der Waals surface area contributed by atoms with Crippen molar-refractivity contribution in [2.75, 3.05) is 27.7 Å². The first-order chi connectivity index (χ1) is 19.3. The first-order valence-electron chi connectivity index (χ1n) is 12.4. The maximum atomic E-state index is 13.0. The minimum absolute atomic E-state index is 0.139. The van der Waals surface area contributed by atoms with Gasteiger partial charge in [-0.15, -0.1) is 0 Å². The van der Waals surface area contributed by atoms with Crippen LogP contribution in [0.5, 0.6) is 5.75 Å². The van der Waals surface area contributed by atoms with Crippen LogP contribution in [0.25, 0.3) is 0 Å². The fourth-order valence-electron chi connectivity index (χ4n) is 3.92. The first-order valence-corrected chi connectivity index (χ1v) is 16.1. The normalized spacial score (nSPS) is 12.5. The van der Waals surface area contributed by atoms with Crippen LogP contribution in [0, 0.1) is 0 Å². The summed E-state index contributed by atoms with van der Waals surface area (Å²) in [6.45, 7) is 3.30. The van der Waals surface area contributed by atoms with Crippen LogP contribution in [0.2, 0.25) is 0 Å². The van der Waals surface area contributed by atoms with E-state index in [0.717, 1.165) is 36.4 Å². The van der Waals surface area contributed by atoms with Crippen molar-refractivity contribution >= 4 is 37.5 Å². The molecule has 228 valence electrons. The van der Waals surface area contributed by atoms with E-state index in [0.29, 0.717) is 30.1 Å². The summed E-state index contributed by atoms with van der Waals surface area (Å²) in [4.78, 5) is 17.3. The van der Waals surface area contributed by atoms with Crippen molar-refractivity contribution in [3.63, 3.8) is 0 Å². The number of hydrogen-bond donors (Lipinski definition) is 1. The summed E-state index contributed by atoms with van der Waals surface area (Å²) < 4.78 is 93.4. The van der Waals surface area contributed by atoms with E-state index in [4.69, 9.17) is 4.74 Å². The number of carboxylic acids is 1. The molecule has 0 aliphatic rings. The third kappa shape index (κ3) is 8.58. The number of aliphatic carboxylic acids is 1. The molecule has 0 bridgehead atoms. The van der Waals surface area contributed by atoms with Crippen LogP contribution in [0.4, 0.5) is 24.7 Å². The molecule has 0 amide bonds. The Labute approximate surface area is 242 Å². The highest BCUT2D eigenvalue weighted by Crippen LogP contribution is 2.30. The molecule has 1 heterocycles. The maximum absolute atomic E-state index is 13.0. The van der Waals surface area contributed by atoms with Crippen molar-refractivity contribution in [1.82, 2.24) is 4.98 Å². The smallest absolute Gasteiger partial charge is 0.416 e. The minimum atomic E-state index is -4.49. The second-order valence-electron chi connectivity index (χ2n) is 10.0. The topological polar surface area (TPSA) is 134 Å². The van der Waals surface area contributed by atoms with Gasteiger partial charge in [0.15, 0.2) is 5.60 Å². The zero-order valence-corrected chi connectivity index (χ0v) is 24.8. The predicted molar refractivity (Wildman–Crippen MR) is 151 cm³/mol. The Morgan fingerprint density at radius 3 is 1.88 bits per heavy atom. The number of halogens is 3. The Kier molecular flexibility index (Phi) is 9.47. The summed E-state index contributed by atoms with van der Waals surface area (Å²) in [6.07, 6.45) is -1.47. The molecule has 0 aliphatic carbocycles. The molecule has 2 aromatic carbocycles. The number of hydrogen-bond acceptors (Lipinski definition) is 8. The number of rotatable bonds is 12. The molecule has 3 rings (SSSR count). The van der Waals surface area contributed by atoms with Crippen molar-refractivity contribution in [1.29, 1.82) is 0 Å². The number of ether oxygens (including phenoxy) is 1. The maximum Gasteiger partial charge on any atom is 0.416 e. The first kappa shape index (κ1) is 32.7. The standard InChI is InChI=1S/C27H30F3N3O7S2/c1-26(2,25(34)35)40-23-12-7-19(8-13-23)15-16-32(18-20-5-9-21(10-6-20)27(28,29)30)24-14-11-22(17-31-24)33(41(3,36)37)42(4,38)39/h5-14,17H,15-16,18H2,1-4H3,(H,34,35). The molecule has 42 heavy (non-hydrogen) atoms. The zero-order chi connectivity index (χ0) is 31.5. The summed E-state index contributed by atoms with van der Waals surface area (Å²) in [5.74, 6) is -0.449. The fourth-order valence-corrected chi connectivity index (χ4v) is 6.87. The molecule has 15 heteroatoms. The molecule has 0 spiro atoms. The van der Waals surface area contributed by atoms with E-state index >= 15 is 0 Å². The summed E-state index contributed by atoms with van der Waals surface area (Å²) in [6, 6.07) is 14.1. The van der Waals surface area contributed by atoms with Gasteiger partial charge in [-0.2, -0.15) is 16.9 Å². The highest BCUT2D eigenvalue weighted by atomic mass is 32.3. The third-order valence-corrected chi connectivity index (χ3v) is 9.26. The van der Waals surface area contributed by atoms with Gasteiger partial charge < -0.3 is 14.7 Å². The van der Waals surface area contributed by atoms with E-state index in [1.807, 2.05) is 0 Å². The molecule has 0 fully saturated rings. The van der Waals surface area contributed by atoms with Gasteiger partial charge in [0.2, 0.25) is 20.0 Å². The fraction of sp³-hybridized carbons (Fsp3) is 0.333. The number of anilines is 2. The van der Waals surface area contributed by atoms with Gasteiger partial charge in [0.05, 0.1) is 30.0 Å². The number of aromatic nitrogens is 1. The van der Waals surface area contributed by atoms with Crippen LogP contribution in [0.1, 0.15) is 30.5 Å². The number of pyridine rings is 1. The minimum Gasteiger partial charge on any atom is -0.478 e.